The summed E-state index contributed by atoms with van der Waals surface area (Å²) in [6.07, 6.45) is 6.31. The first-order valence-corrected chi connectivity index (χ1v) is 16.7. The molecule has 0 unspecified atom stereocenters. The van der Waals surface area contributed by atoms with E-state index in [1.54, 1.807) is 49.4 Å². The van der Waals surface area contributed by atoms with Gasteiger partial charge in [-0.05, 0) is 54.7 Å². The van der Waals surface area contributed by atoms with Crippen LogP contribution in [-0.2, 0) is 32.6 Å². The minimum absolute atomic E-state index is 0.00417. The number of amides is 2. The summed E-state index contributed by atoms with van der Waals surface area (Å²) < 4.78 is 27.1. The molecule has 0 aliphatic heterocycles. The van der Waals surface area contributed by atoms with Gasteiger partial charge in [0.05, 0.1) is 11.9 Å². The molecule has 1 atom stereocenters. The number of nitrogens with zero attached hydrogens (tertiary/aromatic N) is 2. The van der Waals surface area contributed by atoms with E-state index < -0.39 is 28.5 Å². The third kappa shape index (κ3) is 8.49. The SMILES string of the molecule is Cc1ccccc1N(CC(=O)N(Cc1ccc(Cl)cc1Cl)[C@H](Cc1ccccc1)C(=O)NC1CCCCC1)S(C)(=O)=O. The van der Waals surface area contributed by atoms with Crippen molar-refractivity contribution in [1.29, 1.82) is 0 Å². The average Bonchev–Trinajstić information content (AvgIpc) is 2.95. The lowest BCUT2D eigenvalue weighted by atomic mass is 9.94. The number of benzene rings is 3. The molecule has 4 rings (SSSR count). The maximum absolute atomic E-state index is 14.3. The maximum atomic E-state index is 14.3. The van der Waals surface area contributed by atoms with Gasteiger partial charge in [0.1, 0.15) is 12.6 Å². The number of sulfonamides is 1. The van der Waals surface area contributed by atoms with E-state index in [2.05, 4.69) is 5.32 Å². The minimum atomic E-state index is -3.84. The van der Waals surface area contributed by atoms with Gasteiger partial charge in [-0.15, -0.1) is 0 Å². The molecule has 2 amide bonds. The molecule has 1 aliphatic rings. The predicted octanol–water partition coefficient (Wildman–Crippen LogP) is 6.16. The Morgan fingerprint density at radius 1 is 0.952 bits per heavy atom. The molecular weight excluding hydrogens is 593 g/mol. The summed E-state index contributed by atoms with van der Waals surface area (Å²) in [7, 11) is -3.84. The van der Waals surface area contributed by atoms with E-state index in [-0.39, 0.29) is 24.9 Å². The molecule has 0 saturated heterocycles. The fraction of sp³-hybridized carbons (Fsp3) is 0.375. The molecule has 0 heterocycles. The standard InChI is InChI=1S/C32H37Cl2N3O4S/c1-23-11-9-10-16-29(23)37(42(2,40)41)22-31(38)36(21-25-17-18-26(33)20-28(25)34)30(19-24-12-5-3-6-13-24)32(39)35-27-14-7-4-8-15-27/h3,5-6,9-13,16-18,20,27,30H,4,7-8,14-15,19,21-22H2,1-2H3,(H,35,39)/t30-/m1/s1. The van der Waals surface area contributed by atoms with E-state index in [1.165, 1.54) is 4.90 Å². The van der Waals surface area contributed by atoms with Crippen LogP contribution in [0.1, 0.15) is 48.8 Å². The molecule has 0 aromatic heterocycles. The summed E-state index contributed by atoms with van der Waals surface area (Å²) in [5, 5.41) is 3.99. The van der Waals surface area contributed by atoms with Gasteiger partial charge in [-0.3, -0.25) is 13.9 Å². The summed E-state index contributed by atoms with van der Waals surface area (Å²) >= 11 is 12.7. The summed E-state index contributed by atoms with van der Waals surface area (Å²) in [5.74, 6) is -0.791. The smallest absolute Gasteiger partial charge is 0.244 e. The highest BCUT2D eigenvalue weighted by molar-refractivity contribution is 7.92. The molecule has 1 aliphatic carbocycles. The first-order valence-electron chi connectivity index (χ1n) is 14.1. The minimum Gasteiger partial charge on any atom is -0.352 e. The highest BCUT2D eigenvalue weighted by Gasteiger charge is 2.34. The van der Waals surface area contributed by atoms with Crippen molar-refractivity contribution in [2.75, 3.05) is 17.1 Å². The predicted molar refractivity (Wildman–Crippen MR) is 169 cm³/mol. The van der Waals surface area contributed by atoms with Gasteiger partial charge in [-0.25, -0.2) is 8.42 Å². The molecule has 7 nitrogen and oxygen atoms in total. The lowest BCUT2D eigenvalue weighted by Gasteiger charge is -2.35. The third-order valence-corrected chi connectivity index (χ3v) is 9.36. The fourth-order valence-electron chi connectivity index (χ4n) is 5.37. The fourth-order valence-corrected chi connectivity index (χ4v) is 6.75. The lowest BCUT2D eigenvalue weighted by Crippen LogP contribution is -2.55. The summed E-state index contributed by atoms with van der Waals surface area (Å²) in [6, 6.07) is 20.6. The summed E-state index contributed by atoms with van der Waals surface area (Å²) in [4.78, 5) is 29.7. The van der Waals surface area contributed by atoms with E-state index in [9.17, 15) is 18.0 Å². The van der Waals surface area contributed by atoms with Gasteiger partial charge in [0.2, 0.25) is 21.8 Å². The van der Waals surface area contributed by atoms with Crippen LogP contribution in [0.5, 0.6) is 0 Å². The van der Waals surface area contributed by atoms with E-state index in [0.29, 0.717) is 26.9 Å². The van der Waals surface area contributed by atoms with Crippen LogP contribution in [0.3, 0.4) is 0 Å². The second-order valence-corrected chi connectivity index (χ2v) is 13.6. The number of hydrogen-bond acceptors (Lipinski definition) is 4. The Bertz CT molecular complexity index is 1490. The molecule has 10 heteroatoms. The van der Waals surface area contributed by atoms with E-state index in [1.807, 2.05) is 30.3 Å². The van der Waals surface area contributed by atoms with Crippen molar-refractivity contribution < 1.29 is 18.0 Å². The van der Waals surface area contributed by atoms with Gasteiger partial charge in [0, 0.05) is 29.1 Å². The molecule has 1 saturated carbocycles. The zero-order valence-electron chi connectivity index (χ0n) is 23.9. The van der Waals surface area contributed by atoms with Crippen LogP contribution in [0.15, 0.2) is 72.8 Å². The summed E-state index contributed by atoms with van der Waals surface area (Å²) in [5.41, 5.74) is 2.59. The Morgan fingerprint density at radius 2 is 1.62 bits per heavy atom. The molecule has 0 bridgehead atoms. The molecule has 42 heavy (non-hydrogen) atoms. The lowest BCUT2D eigenvalue weighted by molar-refractivity contribution is -0.140. The zero-order valence-corrected chi connectivity index (χ0v) is 26.3. The molecule has 0 spiro atoms. The van der Waals surface area contributed by atoms with E-state index in [0.717, 1.165) is 48.2 Å². The second-order valence-electron chi connectivity index (χ2n) is 10.9. The van der Waals surface area contributed by atoms with Gasteiger partial charge in [-0.2, -0.15) is 0 Å². The first-order chi connectivity index (χ1) is 20.0. The van der Waals surface area contributed by atoms with Crippen molar-refractivity contribution >= 4 is 50.7 Å². The van der Waals surface area contributed by atoms with Crippen LogP contribution < -0.4 is 9.62 Å². The molecule has 1 N–H and O–H groups in total. The van der Waals surface area contributed by atoms with Gasteiger partial charge in [0.25, 0.3) is 0 Å². The zero-order chi connectivity index (χ0) is 30.3. The number of hydrogen-bond donors (Lipinski definition) is 1. The van der Waals surface area contributed by atoms with Crippen molar-refractivity contribution in [3.63, 3.8) is 0 Å². The molecule has 0 radical (unpaired) electrons. The van der Waals surface area contributed by atoms with Crippen LogP contribution in [0.2, 0.25) is 10.0 Å². The maximum Gasteiger partial charge on any atom is 0.244 e. The third-order valence-electron chi connectivity index (χ3n) is 7.64. The molecule has 3 aromatic carbocycles. The van der Waals surface area contributed by atoms with Crippen molar-refractivity contribution in [3.05, 3.63) is 99.5 Å². The van der Waals surface area contributed by atoms with Crippen LogP contribution in [0.25, 0.3) is 0 Å². The largest absolute Gasteiger partial charge is 0.352 e. The van der Waals surface area contributed by atoms with E-state index in [4.69, 9.17) is 23.2 Å². The number of rotatable bonds is 11. The topological polar surface area (TPSA) is 86.8 Å². The quantitative estimate of drug-likeness (QED) is 0.275. The number of anilines is 1. The van der Waals surface area contributed by atoms with Crippen molar-refractivity contribution in [1.82, 2.24) is 10.2 Å². The Balaban J connectivity index is 1.75. The number of halogens is 2. The number of carbonyl (C=O) groups excluding carboxylic acids is 2. The Morgan fingerprint density at radius 3 is 2.26 bits per heavy atom. The van der Waals surface area contributed by atoms with Crippen molar-refractivity contribution in [2.24, 2.45) is 0 Å². The van der Waals surface area contributed by atoms with Gasteiger partial charge in [0.15, 0.2) is 0 Å². The highest BCUT2D eigenvalue weighted by Crippen LogP contribution is 2.27. The molecular formula is C32H37Cl2N3O4S. The summed E-state index contributed by atoms with van der Waals surface area (Å²) in [6.45, 7) is 1.31. The van der Waals surface area contributed by atoms with Crippen molar-refractivity contribution in [3.8, 4) is 0 Å². The van der Waals surface area contributed by atoms with Crippen LogP contribution in [0, 0.1) is 6.92 Å². The van der Waals surface area contributed by atoms with Crippen LogP contribution in [-0.4, -0.2) is 50.0 Å². The number of carbonyl (C=O) groups is 2. The van der Waals surface area contributed by atoms with E-state index >= 15 is 0 Å². The molecule has 1 fully saturated rings. The Labute approximate surface area is 258 Å². The van der Waals surface area contributed by atoms with Crippen molar-refractivity contribution in [2.45, 2.75) is 64.1 Å². The number of nitrogens with one attached hydrogen (secondary N) is 1. The number of aryl methyl sites for hydroxylation is 1. The molecule has 224 valence electrons. The van der Waals surface area contributed by atoms with Crippen LogP contribution >= 0.6 is 23.2 Å². The first kappa shape index (κ1) is 31.9. The Hall–Kier alpha value is -3.07. The monoisotopic (exact) mass is 629 g/mol. The van der Waals surface area contributed by atoms with Gasteiger partial charge >= 0.3 is 0 Å². The van der Waals surface area contributed by atoms with Gasteiger partial charge < -0.3 is 10.2 Å². The normalized spacial score (nSPS) is 14.7. The second kappa shape index (κ2) is 14.4. The average molecular weight is 631 g/mol. The number of para-hydroxylation sites is 1. The Kier molecular flexibility index (Phi) is 10.9. The highest BCUT2D eigenvalue weighted by atomic mass is 35.5. The van der Waals surface area contributed by atoms with Crippen LogP contribution in [0.4, 0.5) is 5.69 Å². The molecule has 3 aromatic rings. The van der Waals surface area contributed by atoms with Gasteiger partial charge in [-0.1, -0.05) is 97.1 Å².